The van der Waals surface area contributed by atoms with Crippen molar-refractivity contribution in [3.63, 3.8) is 0 Å². The van der Waals surface area contributed by atoms with Crippen LogP contribution in [0.3, 0.4) is 0 Å². The predicted octanol–water partition coefficient (Wildman–Crippen LogP) is -1.15. The summed E-state index contributed by atoms with van der Waals surface area (Å²) in [5.74, 6) is -0.545. The molecule has 19 heavy (non-hydrogen) atoms. The van der Waals surface area contributed by atoms with E-state index in [2.05, 4.69) is 0 Å². The molecule has 0 aliphatic heterocycles. The first-order valence-electron chi connectivity index (χ1n) is 5.89. The van der Waals surface area contributed by atoms with Crippen molar-refractivity contribution in [3.05, 3.63) is 35.9 Å². The summed E-state index contributed by atoms with van der Waals surface area (Å²) in [6, 6.07) is 8.94. The fourth-order valence-electron chi connectivity index (χ4n) is 1.45. The summed E-state index contributed by atoms with van der Waals surface area (Å²) in [7, 11) is 0. The summed E-state index contributed by atoms with van der Waals surface area (Å²) in [4.78, 5) is 11.5. The van der Waals surface area contributed by atoms with Crippen LogP contribution in [0.5, 0.6) is 0 Å². The van der Waals surface area contributed by atoms with E-state index in [1.807, 2.05) is 6.07 Å². The molecule has 0 saturated heterocycles. The third kappa shape index (κ3) is 5.35. The van der Waals surface area contributed by atoms with Crippen LogP contribution >= 0.6 is 0 Å². The largest absolute Gasteiger partial charge is 0.463 e. The van der Waals surface area contributed by atoms with Gasteiger partial charge in [0.1, 0.15) is 24.9 Å². The monoisotopic (exact) mass is 270 g/mol. The number of carbonyl (C=O) groups is 1. The van der Waals surface area contributed by atoms with Crippen LogP contribution in [-0.4, -0.2) is 57.9 Å². The maximum Gasteiger partial charge on any atom is 0.310 e. The molecule has 0 fully saturated rings. The van der Waals surface area contributed by atoms with Crippen LogP contribution in [0.15, 0.2) is 30.3 Å². The summed E-state index contributed by atoms with van der Waals surface area (Å²) in [6.45, 7) is -1.12. The van der Waals surface area contributed by atoms with E-state index in [4.69, 9.17) is 14.9 Å². The second-order valence-corrected chi connectivity index (χ2v) is 4.15. The Bertz CT molecular complexity index is 380. The average molecular weight is 270 g/mol. The Morgan fingerprint density at radius 2 is 1.74 bits per heavy atom. The van der Waals surface area contributed by atoms with Gasteiger partial charge in [0.05, 0.1) is 13.0 Å². The lowest BCUT2D eigenvalue weighted by Gasteiger charge is -2.21. The molecule has 3 atom stereocenters. The third-order valence-corrected chi connectivity index (χ3v) is 2.58. The van der Waals surface area contributed by atoms with Crippen molar-refractivity contribution < 1.29 is 30.0 Å². The number of aliphatic hydroxyl groups is 4. The molecule has 106 valence electrons. The zero-order valence-corrected chi connectivity index (χ0v) is 10.3. The first kappa shape index (κ1) is 15.6. The standard InChI is InChI=1S/C13H18O6/c14-7-10(15)13(18)11(16)8-19-12(17)6-9-4-2-1-3-5-9/h1-5,10-11,13-16,18H,6-8H2/t10-,11+,13+/m1/s1. The van der Waals surface area contributed by atoms with Crippen molar-refractivity contribution in [2.45, 2.75) is 24.7 Å². The number of aliphatic hydroxyl groups excluding tert-OH is 4. The van der Waals surface area contributed by atoms with E-state index in [1.54, 1.807) is 24.3 Å². The van der Waals surface area contributed by atoms with E-state index >= 15 is 0 Å². The quantitative estimate of drug-likeness (QED) is 0.466. The van der Waals surface area contributed by atoms with Crippen molar-refractivity contribution in [3.8, 4) is 0 Å². The van der Waals surface area contributed by atoms with E-state index in [-0.39, 0.29) is 6.42 Å². The van der Waals surface area contributed by atoms with Gasteiger partial charge in [0.2, 0.25) is 0 Å². The topological polar surface area (TPSA) is 107 Å². The molecule has 0 heterocycles. The Morgan fingerprint density at radius 1 is 1.11 bits per heavy atom. The summed E-state index contributed by atoms with van der Waals surface area (Å²) in [6.07, 6.45) is -4.41. The molecule has 0 unspecified atom stereocenters. The summed E-state index contributed by atoms with van der Waals surface area (Å²) < 4.78 is 4.78. The predicted molar refractivity (Wildman–Crippen MR) is 66.2 cm³/mol. The molecule has 0 aromatic heterocycles. The van der Waals surface area contributed by atoms with E-state index < -0.39 is 37.5 Å². The van der Waals surface area contributed by atoms with Crippen molar-refractivity contribution in [2.75, 3.05) is 13.2 Å². The Labute approximate surface area is 110 Å². The molecule has 0 aliphatic rings. The van der Waals surface area contributed by atoms with Crippen molar-refractivity contribution in [2.24, 2.45) is 0 Å². The van der Waals surface area contributed by atoms with Crippen LogP contribution in [0.4, 0.5) is 0 Å². The molecule has 1 rings (SSSR count). The molecule has 0 aliphatic carbocycles. The zero-order chi connectivity index (χ0) is 14.3. The second kappa shape index (κ2) is 7.85. The maximum absolute atomic E-state index is 11.5. The fourth-order valence-corrected chi connectivity index (χ4v) is 1.45. The van der Waals surface area contributed by atoms with Crippen LogP contribution in [0, 0.1) is 0 Å². The molecule has 0 radical (unpaired) electrons. The minimum Gasteiger partial charge on any atom is -0.463 e. The molecule has 4 N–H and O–H groups in total. The van der Waals surface area contributed by atoms with Crippen molar-refractivity contribution >= 4 is 5.97 Å². The molecular weight excluding hydrogens is 252 g/mol. The van der Waals surface area contributed by atoms with Gasteiger partial charge in [0.25, 0.3) is 0 Å². The Balaban J connectivity index is 2.34. The van der Waals surface area contributed by atoms with Crippen molar-refractivity contribution in [1.82, 2.24) is 0 Å². The normalized spacial score (nSPS) is 15.6. The van der Waals surface area contributed by atoms with Gasteiger partial charge in [-0.05, 0) is 5.56 Å². The van der Waals surface area contributed by atoms with Gasteiger partial charge < -0.3 is 25.2 Å². The Hall–Kier alpha value is -1.47. The molecule has 0 spiro atoms. The van der Waals surface area contributed by atoms with E-state index in [1.165, 1.54) is 0 Å². The number of ether oxygens (including phenoxy) is 1. The lowest BCUT2D eigenvalue weighted by molar-refractivity contribution is -0.151. The average Bonchev–Trinajstić information content (AvgIpc) is 2.44. The third-order valence-electron chi connectivity index (χ3n) is 2.58. The highest BCUT2D eigenvalue weighted by molar-refractivity contribution is 5.72. The van der Waals surface area contributed by atoms with Gasteiger partial charge in [-0.25, -0.2) is 0 Å². The molecule has 6 nitrogen and oxygen atoms in total. The minimum absolute atomic E-state index is 0.0617. The number of hydrogen-bond donors (Lipinski definition) is 4. The van der Waals surface area contributed by atoms with Gasteiger partial charge in [-0.15, -0.1) is 0 Å². The molecule has 0 amide bonds. The van der Waals surface area contributed by atoms with Gasteiger partial charge in [-0.1, -0.05) is 30.3 Å². The lowest BCUT2D eigenvalue weighted by Crippen LogP contribution is -2.42. The van der Waals surface area contributed by atoms with E-state index in [9.17, 15) is 15.0 Å². The Kier molecular flexibility index (Phi) is 6.44. The van der Waals surface area contributed by atoms with Gasteiger partial charge in [0.15, 0.2) is 0 Å². The number of benzene rings is 1. The number of carbonyl (C=O) groups excluding carboxylic acids is 1. The van der Waals surface area contributed by atoms with Crippen LogP contribution in [0.2, 0.25) is 0 Å². The van der Waals surface area contributed by atoms with Crippen LogP contribution in [-0.2, 0) is 16.0 Å². The van der Waals surface area contributed by atoms with Crippen molar-refractivity contribution in [1.29, 1.82) is 0 Å². The highest BCUT2D eigenvalue weighted by Crippen LogP contribution is 2.04. The molecule has 0 saturated carbocycles. The Morgan fingerprint density at radius 3 is 2.32 bits per heavy atom. The first-order chi connectivity index (χ1) is 9.04. The highest BCUT2D eigenvalue weighted by Gasteiger charge is 2.25. The highest BCUT2D eigenvalue weighted by atomic mass is 16.5. The maximum atomic E-state index is 11.5. The zero-order valence-electron chi connectivity index (χ0n) is 10.3. The second-order valence-electron chi connectivity index (χ2n) is 4.15. The molecule has 0 bridgehead atoms. The van der Waals surface area contributed by atoms with E-state index in [0.717, 1.165) is 5.56 Å². The van der Waals surface area contributed by atoms with E-state index in [0.29, 0.717) is 0 Å². The minimum atomic E-state index is -1.56. The summed E-state index contributed by atoms with van der Waals surface area (Å²) in [5.41, 5.74) is 0.776. The SMILES string of the molecule is O=C(Cc1ccccc1)OC[C@H](O)[C@@H](O)[C@H](O)CO. The summed E-state index contributed by atoms with van der Waals surface area (Å²) >= 11 is 0. The van der Waals surface area contributed by atoms with Crippen LogP contribution in [0.25, 0.3) is 0 Å². The molecule has 6 heteroatoms. The number of esters is 1. The van der Waals surface area contributed by atoms with Gasteiger partial charge in [-0.2, -0.15) is 0 Å². The fraction of sp³-hybridized carbons (Fsp3) is 0.462. The smallest absolute Gasteiger partial charge is 0.310 e. The van der Waals surface area contributed by atoms with Gasteiger partial charge >= 0.3 is 5.97 Å². The number of hydrogen-bond acceptors (Lipinski definition) is 6. The van der Waals surface area contributed by atoms with Gasteiger partial charge in [-0.3, -0.25) is 4.79 Å². The van der Waals surface area contributed by atoms with Gasteiger partial charge in [0, 0.05) is 0 Å². The lowest BCUT2D eigenvalue weighted by atomic mass is 10.1. The first-order valence-corrected chi connectivity index (χ1v) is 5.89. The molecule has 1 aromatic carbocycles. The summed E-state index contributed by atoms with van der Waals surface area (Å²) in [5, 5.41) is 36.5. The van der Waals surface area contributed by atoms with Crippen LogP contribution < -0.4 is 0 Å². The number of rotatable bonds is 7. The van der Waals surface area contributed by atoms with Crippen LogP contribution in [0.1, 0.15) is 5.56 Å². The molecule has 1 aromatic rings. The molecular formula is C13H18O6.